The molecule has 0 bridgehead atoms. The molecule has 0 radical (unpaired) electrons. The molecule has 0 unspecified atom stereocenters. The fourth-order valence-corrected chi connectivity index (χ4v) is 4.47. The third kappa shape index (κ3) is 3.32. The molecule has 1 saturated carbocycles. The van der Waals surface area contributed by atoms with Crippen LogP contribution in [0.1, 0.15) is 35.2 Å². The molecule has 1 aliphatic heterocycles. The average Bonchev–Trinajstić information content (AvgIpc) is 3.44. The lowest BCUT2D eigenvalue weighted by atomic mass is 10.0. The van der Waals surface area contributed by atoms with Crippen molar-refractivity contribution in [3.63, 3.8) is 0 Å². The third-order valence-corrected chi connectivity index (χ3v) is 6.20. The fourth-order valence-electron chi connectivity index (χ4n) is 3.17. The van der Waals surface area contributed by atoms with Gasteiger partial charge < -0.3 is 4.90 Å². The summed E-state index contributed by atoms with van der Waals surface area (Å²) in [5.41, 5.74) is 2.63. The van der Waals surface area contributed by atoms with Crippen LogP contribution in [0, 0.1) is 0 Å². The van der Waals surface area contributed by atoms with E-state index in [2.05, 4.69) is 4.72 Å². The number of amides is 1. The van der Waals surface area contributed by atoms with Crippen LogP contribution in [0.5, 0.6) is 0 Å². The average molecular weight is 356 g/mol. The molecule has 1 aliphatic carbocycles. The number of benzene rings is 2. The maximum atomic E-state index is 12.9. The van der Waals surface area contributed by atoms with Crippen LogP contribution in [-0.2, 0) is 16.4 Å². The zero-order valence-electron chi connectivity index (χ0n) is 13.8. The number of fused-ring (bicyclic) bond motifs is 1. The van der Waals surface area contributed by atoms with Crippen molar-refractivity contribution >= 4 is 21.6 Å². The van der Waals surface area contributed by atoms with Gasteiger partial charge in [-0.05, 0) is 61.6 Å². The molecule has 1 heterocycles. The highest BCUT2D eigenvalue weighted by Crippen LogP contribution is 2.28. The van der Waals surface area contributed by atoms with E-state index in [0.717, 1.165) is 31.4 Å². The van der Waals surface area contributed by atoms with E-state index in [1.807, 2.05) is 24.3 Å². The molecule has 1 amide bonds. The van der Waals surface area contributed by atoms with Crippen LogP contribution in [0.2, 0.25) is 0 Å². The maximum absolute atomic E-state index is 12.9. The summed E-state index contributed by atoms with van der Waals surface area (Å²) in [7, 11) is -3.49. The van der Waals surface area contributed by atoms with E-state index in [-0.39, 0.29) is 16.8 Å². The first-order valence-electron chi connectivity index (χ1n) is 8.57. The Labute approximate surface area is 147 Å². The van der Waals surface area contributed by atoms with Crippen LogP contribution in [0.15, 0.2) is 53.4 Å². The number of hydrogen-bond acceptors (Lipinski definition) is 3. The Balaban J connectivity index is 1.57. The molecule has 2 aromatic rings. The van der Waals surface area contributed by atoms with E-state index in [1.165, 1.54) is 17.7 Å². The second-order valence-electron chi connectivity index (χ2n) is 6.61. The van der Waals surface area contributed by atoms with Gasteiger partial charge in [0.25, 0.3) is 5.91 Å². The number of aryl methyl sites for hydroxylation is 1. The topological polar surface area (TPSA) is 66.5 Å². The highest BCUT2D eigenvalue weighted by atomic mass is 32.2. The molecular formula is C19H20N2O3S. The van der Waals surface area contributed by atoms with E-state index in [1.54, 1.807) is 17.0 Å². The highest BCUT2D eigenvalue weighted by Gasteiger charge is 2.28. The summed E-state index contributed by atoms with van der Waals surface area (Å²) >= 11 is 0. The number of nitrogens with zero attached hydrogens (tertiary/aromatic N) is 1. The predicted octanol–water partition coefficient (Wildman–Crippen LogP) is 2.72. The van der Waals surface area contributed by atoms with Crippen LogP contribution in [0.25, 0.3) is 0 Å². The van der Waals surface area contributed by atoms with Crippen LogP contribution in [-0.4, -0.2) is 26.9 Å². The number of hydrogen-bond donors (Lipinski definition) is 1. The Bertz CT molecular complexity index is 903. The molecule has 0 spiro atoms. The molecule has 2 aromatic carbocycles. The molecule has 0 aromatic heterocycles. The molecule has 6 heteroatoms. The quantitative estimate of drug-likeness (QED) is 0.916. The highest BCUT2D eigenvalue weighted by molar-refractivity contribution is 7.89. The van der Waals surface area contributed by atoms with E-state index in [9.17, 15) is 13.2 Å². The molecule has 1 N–H and O–H groups in total. The van der Waals surface area contributed by atoms with Crippen LogP contribution in [0.3, 0.4) is 0 Å². The van der Waals surface area contributed by atoms with Gasteiger partial charge in [0.1, 0.15) is 0 Å². The van der Waals surface area contributed by atoms with E-state index in [0.29, 0.717) is 12.1 Å². The van der Waals surface area contributed by atoms with Gasteiger partial charge in [-0.15, -0.1) is 0 Å². The second kappa shape index (κ2) is 6.28. The number of carbonyl (C=O) groups is 1. The summed E-state index contributed by atoms with van der Waals surface area (Å²) in [5.74, 6) is -0.0914. The monoisotopic (exact) mass is 356 g/mol. The number of anilines is 1. The van der Waals surface area contributed by atoms with Crippen molar-refractivity contribution in [2.24, 2.45) is 0 Å². The summed E-state index contributed by atoms with van der Waals surface area (Å²) in [6, 6.07) is 14.2. The van der Waals surface area contributed by atoms with Crippen LogP contribution in [0.4, 0.5) is 5.69 Å². The smallest absolute Gasteiger partial charge is 0.258 e. The lowest BCUT2D eigenvalue weighted by Crippen LogP contribution is -2.35. The Morgan fingerprint density at radius 1 is 1.04 bits per heavy atom. The molecular weight excluding hydrogens is 336 g/mol. The van der Waals surface area contributed by atoms with Crippen molar-refractivity contribution in [1.29, 1.82) is 0 Å². The molecule has 25 heavy (non-hydrogen) atoms. The van der Waals surface area contributed by atoms with E-state index < -0.39 is 10.0 Å². The van der Waals surface area contributed by atoms with E-state index >= 15 is 0 Å². The standard InChI is InChI=1S/C19H20N2O3S/c22-19(21-13-3-5-14-4-1-2-6-18(14)21)15-7-11-17(12-8-15)25(23,24)20-16-9-10-16/h1-2,4,6-8,11-12,16,20H,3,5,9-10,13H2. The van der Waals surface area contributed by atoms with Gasteiger partial charge in [0.15, 0.2) is 0 Å². The van der Waals surface area contributed by atoms with Crippen molar-refractivity contribution in [3.05, 3.63) is 59.7 Å². The van der Waals surface area contributed by atoms with Gasteiger partial charge in [0, 0.05) is 23.8 Å². The van der Waals surface area contributed by atoms with Gasteiger partial charge in [-0.3, -0.25) is 4.79 Å². The van der Waals surface area contributed by atoms with Crippen LogP contribution < -0.4 is 9.62 Å². The minimum atomic E-state index is -3.49. The molecule has 1 fully saturated rings. The van der Waals surface area contributed by atoms with Gasteiger partial charge in [0.2, 0.25) is 10.0 Å². The normalized spacial score (nSPS) is 17.2. The molecule has 5 nitrogen and oxygen atoms in total. The first kappa shape index (κ1) is 16.3. The first-order valence-corrected chi connectivity index (χ1v) is 10.0. The number of sulfonamides is 1. The van der Waals surface area contributed by atoms with Gasteiger partial charge >= 0.3 is 0 Å². The zero-order chi connectivity index (χ0) is 17.4. The van der Waals surface area contributed by atoms with Crippen LogP contribution >= 0.6 is 0 Å². The Morgan fingerprint density at radius 3 is 2.48 bits per heavy atom. The van der Waals surface area contributed by atoms with Crippen molar-refractivity contribution in [3.8, 4) is 0 Å². The number of nitrogens with one attached hydrogen (secondary N) is 1. The largest absolute Gasteiger partial charge is 0.308 e. The SMILES string of the molecule is O=C(c1ccc(S(=O)(=O)NC2CC2)cc1)N1CCCc2ccccc21. The van der Waals surface area contributed by atoms with Crippen molar-refractivity contribution in [2.75, 3.05) is 11.4 Å². The van der Waals surface area contributed by atoms with Gasteiger partial charge in [-0.25, -0.2) is 13.1 Å². The number of para-hydroxylation sites is 1. The minimum Gasteiger partial charge on any atom is -0.308 e. The summed E-state index contributed by atoms with van der Waals surface area (Å²) in [6.07, 6.45) is 3.69. The molecule has 0 atom stereocenters. The Morgan fingerprint density at radius 2 is 1.76 bits per heavy atom. The summed E-state index contributed by atoms with van der Waals surface area (Å²) in [6.45, 7) is 0.680. The maximum Gasteiger partial charge on any atom is 0.258 e. The minimum absolute atomic E-state index is 0.0659. The zero-order valence-corrected chi connectivity index (χ0v) is 14.6. The van der Waals surface area contributed by atoms with Crippen molar-refractivity contribution < 1.29 is 13.2 Å². The lowest BCUT2D eigenvalue weighted by Gasteiger charge is -2.29. The summed E-state index contributed by atoms with van der Waals surface area (Å²) in [5, 5.41) is 0. The van der Waals surface area contributed by atoms with Gasteiger partial charge in [-0.2, -0.15) is 0 Å². The Kier molecular flexibility index (Phi) is 4.09. The summed E-state index contributed by atoms with van der Waals surface area (Å²) < 4.78 is 27.1. The molecule has 0 saturated heterocycles. The van der Waals surface area contributed by atoms with Gasteiger partial charge in [0.05, 0.1) is 4.90 Å². The molecule has 130 valence electrons. The Hall–Kier alpha value is -2.18. The van der Waals surface area contributed by atoms with Crippen molar-refractivity contribution in [2.45, 2.75) is 36.6 Å². The first-order chi connectivity index (χ1) is 12.0. The molecule has 2 aliphatic rings. The predicted molar refractivity (Wildman–Crippen MR) is 96.2 cm³/mol. The van der Waals surface area contributed by atoms with Gasteiger partial charge in [-0.1, -0.05) is 18.2 Å². The third-order valence-electron chi connectivity index (χ3n) is 4.67. The number of rotatable bonds is 4. The second-order valence-corrected chi connectivity index (χ2v) is 8.32. The fraction of sp³-hybridized carbons (Fsp3) is 0.316. The van der Waals surface area contributed by atoms with Crippen molar-refractivity contribution in [1.82, 2.24) is 4.72 Å². The van der Waals surface area contributed by atoms with E-state index in [4.69, 9.17) is 0 Å². The number of carbonyl (C=O) groups excluding carboxylic acids is 1. The molecule has 4 rings (SSSR count). The lowest BCUT2D eigenvalue weighted by molar-refractivity contribution is 0.0985. The summed E-state index contributed by atoms with van der Waals surface area (Å²) in [4.78, 5) is 14.9.